The maximum absolute atomic E-state index is 9.27. The van der Waals surface area contributed by atoms with Gasteiger partial charge in [-0.1, -0.05) is 26.7 Å². The molecular formula is C15H24N4. The van der Waals surface area contributed by atoms with Crippen molar-refractivity contribution in [3.05, 3.63) is 11.3 Å². The van der Waals surface area contributed by atoms with E-state index in [1.165, 1.54) is 25.7 Å². The van der Waals surface area contributed by atoms with Gasteiger partial charge in [0.2, 0.25) is 0 Å². The molecule has 0 aliphatic heterocycles. The van der Waals surface area contributed by atoms with Crippen molar-refractivity contribution in [1.82, 2.24) is 9.78 Å². The van der Waals surface area contributed by atoms with Gasteiger partial charge >= 0.3 is 0 Å². The summed E-state index contributed by atoms with van der Waals surface area (Å²) in [5.41, 5.74) is 1.50. The highest BCUT2D eigenvalue weighted by molar-refractivity contribution is 5.55. The Morgan fingerprint density at radius 3 is 2.68 bits per heavy atom. The quantitative estimate of drug-likeness (QED) is 0.907. The van der Waals surface area contributed by atoms with Crippen LogP contribution in [0.4, 0.5) is 5.82 Å². The average Bonchev–Trinajstić information content (AvgIpc) is 2.64. The molecule has 19 heavy (non-hydrogen) atoms. The summed E-state index contributed by atoms with van der Waals surface area (Å²) in [4.78, 5) is 0. The van der Waals surface area contributed by atoms with Crippen LogP contribution in [0.2, 0.25) is 0 Å². The molecule has 4 heteroatoms. The summed E-state index contributed by atoms with van der Waals surface area (Å²) in [5.74, 6) is 2.26. The van der Waals surface area contributed by atoms with E-state index in [2.05, 4.69) is 30.3 Å². The van der Waals surface area contributed by atoms with E-state index in [4.69, 9.17) is 0 Å². The summed E-state index contributed by atoms with van der Waals surface area (Å²) < 4.78 is 1.81. The van der Waals surface area contributed by atoms with E-state index in [1.807, 2.05) is 14.0 Å². The standard InChI is InChI=1S/C15H24N4/c1-10(2)12-7-5-6-8-14(12)17-15-13(9-16)11(3)18-19(15)4/h10,12,14,17H,5-8H2,1-4H3. The molecule has 4 nitrogen and oxygen atoms in total. The minimum Gasteiger partial charge on any atom is -0.366 e. The molecule has 1 aromatic rings. The van der Waals surface area contributed by atoms with Crippen LogP contribution in [0.3, 0.4) is 0 Å². The first kappa shape index (κ1) is 13.9. The number of nitrogens with zero attached hydrogens (tertiary/aromatic N) is 3. The summed E-state index contributed by atoms with van der Waals surface area (Å²) in [7, 11) is 1.91. The van der Waals surface area contributed by atoms with Gasteiger partial charge in [-0.05, 0) is 31.6 Å². The van der Waals surface area contributed by atoms with Gasteiger partial charge in [-0.15, -0.1) is 0 Å². The predicted molar refractivity (Wildman–Crippen MR) is 76.9 cm³/mol. The van der Waals surface area contributed by atoms with Crippen molar-refractivity contribution < 1.29 is 0 Å². The van der Waals surface area contributed by atoms with Crippen LogP contribution in [0.15, 0.2) is 0 Å². The fourth-order valence-corrected chi connectivity index (χ4v) is 3.27. The molecular weight excluding hydrogens is 236 g/mol. The molecule has 0 spiro atoms. The molecule has 0 aromatic carbocycles. The molecule has 2 rings (SSSR count). The van der Waals surface area contributed by atoms with Gasteiger partial charge in [0.15, 0.2) is 0 Å². The maximum Gasteiger partial charge on any atom is 0.142 e. The Labute approximate surface area is 115 Å². The SMILES string of the molecule is Cc1nn(C)c(NC2CCCCC2C(C)C)c1C#N. The van der Waals surface area contributed by atoms with E-state index in [0.717, 1.165) is 11.5 Å². The zero-order valence-electron chi connectivity index (χ0n) is 12.4. The van der Waals surface area contributed by atoms with Gasteiger partial charge < -0.3 is 5.32 Å². The van der Waals surface area contributed by atoms with E-state index in [1.54, 1.807) is 4.68 Å². The van der Waals surface area contributed by atoms with Gasteiger partial charge in [-0.3, -0.25) is 4.68 Å². The molecule has 2 unspecified atom stereocenters. The third-order valence-electron chi connectivity index (χ3n) is 4.33. The Kier molecular flexibility index (Phi) is 4.14. The number of nitriles is 1. The Hall–Kier alpha value is -1.50. The lowest BCUT2D eigenvalue weighted by Crippen LogP contribution is -2.36. The zero-order valence-corrected chi connectivity index (χ0v) is 12.4. The van der Waals surface area contributed by atoms with Crippen LogP contribution < -0.4 is 5.32 Å². The van der Waals surface area contributed by atoms with E-state index in [-0.39, 0.29) is 0 Å². The maximum atomic E-state index is 9.27. The Balaban J connectivity index is 2.22. The highest BCUT2D eigenvalue weighted by atomic mass is 15.3. The zero-order chi connectivity index (χ0) is 14.0. The Morgan fingerprint density at radius 1 is 1.37 bits per heavy atom. The van der Waals surface area contributed by atoms with Crippen LogP contribution >= 0.6 is 0 Å². The fraction of sp³-hybridized carbons (Fsp3) is 0.733. The van der Waals surface area contributed by atoms with Gasteiger partial charge in [-0.2, -0.15) is 10.4 Å². The summed E-state index contributed by atoms with van der Waals surface area (Å²) in [6, 6.07) is 2.74. The molecule has 104 valence electrons. The molecule has 1 saturated carbocycles. The third-order valence-corrected chi connectivity index (χ3v) is 4.33. The minimum atomic E-state index is 0.468. The summed E-state index contributed by atoms with van der Waals surface area (Å²) in [6.07, 6.45) is 5.09. The Morgan fingerprint density at radius 2 is 2.05 bits per heavy atom. The number of nitrogens with one attached hydrogen (secondary N) is 1. The van der Waals surface area contributed by atoms with Crippen molar-refractivity contribution in [2.45, 2.75) is 52.5 Å². The molecule has 0 radical (unpaired) electrons. The second-order valence-electron chi connectivity index (χ2n) is 5.99. The lowest BCUT2D eigenvalue weighted by molar-refractivity contribution is 0.253. The van der Waals surface area contributed by atoms with Crippen LogP contribution in [-0.4, -0.2) is 15.8 Å². The molecule has 2 atom stereocenters. The number of hydrogen-bond donors (Lipinski definition) is 1. The largest absolute Gasteiger partial charge is 0.366 e. The molecule has 1 fully saturated rings. The monoisotopic (exact) mass is 260 g/mol. The minimum absolute atomic E-state index is 0.468. The average molecular weight is 260 g/mol. The van der Waals surface area contributed by atoms with Crippen LogP contribution in [0.1, 0.15) is 50.8 Å². The highest BCUT2D eigenvalue weighted by Crippen LogP contribution is 2.33. The highest BCUT2D eigenvalue weighted by Gasteiger charge is 2.29. The Bertz CT molecular complexity index is 481. The molecule has 1 aromatic heterocycles. The number of anilines is 1. The van der Waals surface area contributed by atoms with Gasteiger partial charge in [0.1, 0.15) is 17.5 Å². The van der Waals surface area contributed by atoms with Crippen molar-refractivity contribution in [3.8, 4) is 6.07 Å². The second kappa shape index (κ2) is 5.64. The summed E-state index contributed by atoms with van der Waals surface area (Å²) in [6.45, 7) is 6.49. The molecule has 0 amide bonds. The smallest absolute Gasteiger partial charge is 0.142 e. The number of rotatable bonds is 3. The molecule has 0 saturated heterocycles. The molecule has 1 aliphatic carbocycles. The number of aromatic nitrogens is 2. The van der Waals surface area contributed by atoms with E-state index in [9.17, 15) is 5.26 Å². The van der Waals surface area contributed by atoms with Gasteiger partial charge in [0, 0.05) is 13.1 Å². The summed E-state index contributed by atoms with van der Waals surface area (Å²) in [5, 5.41) is 17.2. The van der Waals surface area contributed by atoms with Crippen molar-refractivity contribution in [3.63, 3.8) is 0 Å². The first-order valence-electron chi connectivity index (χ1n) is 7.24. The molecule has 1 N–H and O–H groups in total. The van der Waals surface area contributed by atoms with Crippen LogP contribution in [0.5, 0.6) is 0 Å². The molecule has 0 bridgehead atoms. The normalized spacial score (nSPS) is 23.4. The van der Waals surface area contributed by atoms with Crippen molar-refractivity contribution in [2.75, 3.05) is 5.32 Å². The number of aryl methyl sites for hydroxylation is 2. The van der Waals surface area contributed by atoms with E-state index < -0.39 is 0 Å². The van der Waals surface area contributed by atoms with Gasteiger partial charge in [-0.25, -0.2) is 0 Å². The van der Waals surface area contributed by atoms with Crippen LogP contribution in [0.25, 0.3) is 0 Å². The van der Waals surface area contributed by atoms with Crippen molar-refractivity contribution >= 4 is 5.82 Å². The fourth-order valence-electron chi connectivity index (χ4n) is 3.27. The first-order valence-corrected chi connectivity index (χ1v) is 7.24. The predicted octanol–water partition coefficient (Wildman–Crippen LogP) is 3.23. The summed E-state index contributed by atoms with van der Waals surface area (Å²) >= 11 is 0. The lowest BCUT2D eigenvalue weighted by atomic mass is 9.78. The van der Waals surface area contributed by atoms with Crippen LogP contribution in [-0.2, 0) is 7.05 Å². The molecule has 1 heterocycles. The van der Waals surface area contributed by atoms with E-state index >= 15 is 0 Å². The van der Waals surface area contributed by atoms with Gasteiger partial charge in [0.05, 0.1) is 5.69 Å². The van der Waals surface area contributed by atoms with Crippen LogP contribution in [0, 0.1) is 30.1 Å². The van der Waals surface area contributed by atoms with Crippen molar-refractivity contribution in [2.24, 2.45) is 18.9 Å². The first-order chi connectivity index (χ1) is 9.04. The lowest BCUT2D eigenvalue weighted by Gasteiger charge is -2.35. The molecule has 1 aliphatic rings. The van der Waals surface area contributed by atoms with Crippen molar-refractivity contribution in [1.29, 1.82) is 5.26 Å². The third kappa shape index (κ3) is 2.75. The van der Waals surface area contributed by atoms with Gasteiger partial charge in [0.25, 0.3) is 0 Å². The number of hydrogen-bond acceptors (Lipinski definition) is 3. The topological polar surface area (TPSA) is 53.6 Å². The van der Waals surface area contributed by atoms with E-state index in [0.29, 0.717) is 23.4 Å². The second-order valence-corrected chi connectivity index (χ2v) is 5.99.